The van der Waals surface area contributed by atoms with Gasteiger partial charge in [0.1, 0.15) is 0 Å². The standard InChI is InChI=1S/C14H23NO2/c1-3-15(9-10-17-4-2)11-13-5-7-14(12-16)8-6-13/h5-8,16H,3-4,9-12H2,1-2H3. The van der Waals surface area contributed by atoms with Crippen molar-refractivity contribution in [2.75, 3.05) is 26.3 Å². The van der Waals surface area contributed by atoms with Gasteiger partial charge in [-0.2, -0.15) is 0 Å². The number of nitrogens with zero attached hydrogens (tertiary/aromatic N) is 1. The van der Waals surface area contributed by atoms with E-state index in [1.165, 1.54) is 5.56 Å². The Balaban J connectivity index is 2.43. The number of rotatable bonds is 8. The van der Waals surface area contributed by atoms with E-state index in [1.54, 1.807) is 0 Å². The highest BCUT2D eigenvalue weighted by Gasteiger charge is 2.03. The van der Waals surface area contributed by atoms with Gasteiger partial charge >= 0.3 is 0 Å². The summed E-state index contributed by atoms with van der Waals surface area (Å²) in [7, 11) is 0. The lowest BCUT2D eigenvalue weighted by atomic mass is 10.1. The van der Waals surface area contributed by atoms with Crippen LogP contribution in [0.4, 0.5) is 0 Å². The van der Waals surface area contributed by atoms with Crippen molar-refractivity contribution in [3.63, 3.8) is 0 Å². The summed E-state index contributed by atoms with van der Waals surface area (Å²) in [4.78, 5) is 2.35. The normalized spacial score (nSPS) is 11.1. The van der Waals surface area contributed by atoms with E-state index in [1.807, 2.05) is 19.1 Å². The van der Waals surface area contributed by atoms with Gasteiger partial charge in [-0.05, 0) is 24.6 Å². The van der Waals surface area contributed by atoms with Crippen LogP contribution in [0.1, 0.15) is 25.0 Å². The van der Waals surface area contributed by atoms with Crippen molar-refractivity contribution >= 4 is 0 Å². The van der Waals surface area contributed by atoms with Crippen LogP contribution in [0.25, 0.3) is 0 Å². The highest BCUT2D eigenvalue weighted by atomic mass is 16.5. The fraction of sp³-hybridized carbons (Fsp3) is 0.571. The van der Waals surface area contributed by atoms with Crippen molar-refractivity contribution < 1.29 is 9.84 Å². The Labute approximate surface area is 104 Å². The molecule has 0 bridgehead atoms. The third kappa shape index (κ3) is 5.31. The Bertz CT molecular complexity index is 298. The molecule has 0 aliphatic carbocycles. The molecule has 0 heterocycles. The first kappa shape index (κ1) is 14.2. The summed E-state index contributed by atoms with van der Waals surface area (Å²) in [6, 6.07) is 8.11. The summed E-state index contributed by atoms with van der Waals surface area (Å²) >= 11 is 0. The van der Waals surface area contributed by atoms with Gasteiger partial charge < -0.3 is 9.84 Å². The van der Waals surface area contributed by atoms with E-state index in [-0.39, 0.29) is 6.61 Å². The molecule has 96 valence electrons. The third-order valence-electron chi connectivity index (χ3n) is 2.81. The highest BCUT2D eigenvalue weighted by molar-refractivity contribution is 5.21. The van der Waals surface area contributed by atoms with E-state index < -0.39 is 0 Å². The number of ether oxygens (including phenoxy) is 1. The Hall–Kier alpha value is -0.900. The van der Waals surface area contributed by atoms with Gasteiger partial charge in [-0.3, -0.25) is 4.90 Å². The first-order valence-corrected chi connectivity index (χ1v) is 6.28. The van der Waals surface area contributed by atoms with Crippen molar-refractivity contribution in [3.05, 3.63) is 35.4 Å². The van der Waals surface area contributed by atoms with Gasteiger partial charge in [0.25, 0.3) is 0 Å². The summed E-state index contributed by atoms with van der Waals surface area (Å²) in [5.41, 5.74) is 2.24. The van der Waals surface area contributed by atoms with Gasteiger partial charge in [-0.25, -0.2) is 0 Å². The Kier molecular flexibility index (Phi) is 6.86. The molecule has 0 aromatic heterocycles. The van der Waals surface area contributed by atoms with Gasteiger partial charge in [-0.1, -0.05) is 31.2 Å². The van der Waals surface area contributed by atoms with Crippen molar-refractivity contribution in [2.45, 2.75) is 27.0 Å². The van der Waals surface area contributed by atoms with E-state index in [4.69, 9.17) is 9.84 Å². The van der Waals surface area contributed by atoms with E-state index in [2.05, 4.69) is 24.0 Å². The van der Waals surface area contributed by atoms with Gasteiger partial charge in [-0.15, -0.1) is 0 Å². The predicted octanol–water partition coefficient (Wildman–Crippen LogP) is 2.04. The number of likely N-dealkylation sites (N-methyl/N-ethyl adjacent to an activating group) is 1. The second kappa shape index (κ2) is 8.23. The van der Waals surface area contributed by atoms with Crippen LogP contribution in [0.15, 0.2) is 24.3 Å². The topological polar surface area (TPSA) is 32.7 Å². The molecule has 1 rings (SSSR count). The lowest BCUT2D eigenvalue weighted by Crippen LogP contribution is -2.27. The van der Waals surface area contributed by atoms with Crippen molar-refractivity contribution in [3.8, 4) is 0 Å². The van der Waals surface area contributed by atoms with Crippen LogP contribution in [0, 0.1) is 0 Å². The molecule has 3 nitrogen and oxygen atoms in total. The van der Waals surface area contributed by atoms with Crippen LogP contribution in [0.2, 0.25) is 0 Å². The van der Waals surface area contributed by atoms with E-state index in [0.717, 1.165) is 38.4 Å². The SMILES string of the molecule is CCOCCN(CC)Cc1ccc(CO)cc1. The van der Waals surface area contributed by atoms with Crippen LogP contribution >= 0.6 is 0 Å². The first-order chi connectivity index (χ1) is 8.30. The molecule has 0 unspecified atom stereocenters. The van der Waals surface area contributed by atoms with Crippen LogP contribution in [-0.4, -0.2) is 36.3 Å². The summed E-state index contributed by atoms with van der Waals surface area (Å²) in [5, 5.41) is 8.97. The van der Waals surface area contributed by atoms with Gasteiger partial charge in [0.15, 0.2) is 0 Å². The smallest absolute Gasteiger partial charge is 0.0681 e. The quantitative estimate of drug-likeness (QED) is 0.702. The first-order valence-electron chi connectivity index (χ1n) is 6.28. The Morgan fingerprint density at radius 2 is 1.76 bits per heavy atom. The summed E-state index contributed by atoms with van der Waals surface area (Å²) in [5.74, 6) is 0. The fourth-order valence-corrected chi connectivity index (χ4v) is 1.70. The minimum absolute atomic E-state index is 0.113. The van der Waals surface area contributed by atoms with E-state index in [9.17, 15) is 0 Å². The largest absolute Gasteiger partial charge is 0.392 e. The molecule has 1 aromatic rings. The number of aliphatic hydroxyl groups excluding tert-OH is 1. The monoisotopic (exact) mass is 237 g/mol. The summed E-state index contributed by atoms with van der Waals surface area (Å²) in [6.45, 7) is 8.79. The van der Waals surface area contributed by atoms with Crippen LogP contribution in [-0.2, 0) is 17.9 Å². The number of hydrogen-bond acceptors (Lipinski definition) is 3. The van der Waals surface area contributed by atoms with Crippen LogP contribution in [0.3, 0.4) is 0 Å². The molecule has 3 heteroatoms. The molecule has 17 heavy (non-hydrogen) atoms. The lowest BCUT2D eigenvalue weighted by Gasteiger charge is -2.20. The Morgan fingerprint density at radius 1 is 1.12 bits per heavy atom. The van der Waals surface area contributed by atoms with Crippen molar-refractivity contribution in [1.29, 1.82) is 0 Å². The number of aliphatic hydroxyl groups is 1. The lowest BCUT2D eigenvalue weighted by molar-refractivity contribution is 0.113. The second-order valence-corrected chi connectivity index (χ2v) is 4.04. The second-order valence-electron chi connectivity index (χ2n) is 4.04. The maximum Gasteiger partial charge on any atom is 0.0681 e. The summed E-state index contributed by atoms with van der Waals surface area (Å²) in [6.07, 6.45) is 0. The van der Waals surface area contributed by atoms with E-state index in [0.29, 0.717) is 0 Å². The van der Waals surface area contributed by atoms with Crippen molar-refractivity contribution in [2.24, 2.45) is 0 Å². The van der Waals surface area contributed by atoms with Gasteiger partial charge in [0.2, 0.25) is 0 Å². The molecule has 0 fully saturated rings. The van der Waals surface area contributed by atoms with Crippen molar-refractivity contribution in [1.82, 2.24) is 4.90 Å². The highest BCUT2D eigenvalue weighted by Crippen LogP contribution is 2.07. The zero-order chi connectivity index (χ0) is 12.5. The van der Waals surface area contributed by atoms with Crippen LogP contribution in [0.5, 0.6) is 0 Å². The van der Waals surface area contributed by atoms with E-state index >= 15 is 0 Å². The molecular formula is C14H23NO2. The average molecular weight is 237 g/mol. The molecule has 1 aromatic carbocycles. The molecule has 1 N–H and O–H groups in total. The molecule has 0 saturated carbocycles. The molecule has 0 radical (unpaired) electrons. The molecule has 0 amide bonds. The maximum atomic E-state index is 8.97. The molecule has 0 atom stereocenters. The zero-order valence-electron chi connectivity index (χ0n) is 10.9. The minimum atomic E-state index is 0.113. The number of benzene rings is 1. The van der Waals surface area contributed by atoms with Gasteiger partial charge in [0.05, 0.1) is 13.2 Å². The minimum Gasteiger partial charge on any atom is -0.392 e. The fourth-order valence-electron chi connectivity index (χ4n) is 1.70. The zero-order valence-corrected chi connectivity index (χ0v) is 10.9. The predicted molar refractivity (Wildman–Crippen MR) is 69.8 cm³/mol. The van der Waals surface area contributed by atoms with Crippen LogP contribution < -0.4 is 0 Å². The molecule has 0 aliphatic rings. The number of hydrogen-bond donors (Lipinski definition) is 1. The van der Waals surface area contributed by atoms with Gasteiger partial charge in [0, 0.05) is 19.7 Å². The molecule has 0 saturated heterocycles. The third-order valence-corrected chi connectivity index (χ3v) is 2.81. The Morgan fingerprint density at radius 3 is 2.29 bits per heavy atom. The molecule has 0 spiro atoms. The maximum absolute atomic E-state index is 8.97. The average Bonchev–Trinajstić information content (AvgIpc) is 2.38. The molecule has 0 aliphatic heterocycles. The summed E-state index contributed by atoms with van der Waals surface area (Å²) < 4.78 is 5.37. The molecular weight excluding hydrogens is 214 g/mol.